The lowest BCUT2D eigenvalue weighted by Crippen LogP contribution is -2.42. The first-order chi connectivity index (χ1) is 9.49. The zero-order chi connectivity index (χ0) is 15.0. The standard InChI is InChI=1S/C17H30N2O/c1-6-17(3,4)19(5)11-12-20-16-10-8-9-15(13-16)14-18-7-2/h8-10,13,18H,6-7,11-12,14H2,1-5H3. The molecule has 1 rings (SSSR count). The Hall–Kier alpha value is -1.06. The number of likely N-dealkylation sites (N-methyl/N-ethyl adjacent to an activating group) is 1. The molecule has 0 saturated heterocycles. The lowest BCUT2D eigenvalue weighted by molar-refractivity contribution is 0.125. The van der Waals surface area contributed by atoms with E-state index in [0.29, 0.717) is 0 Å². The Morgan fingerprint density at radius 1 is 1.25 bits per heavy atom. The van der Waals surface area contributed by atoms with E-state index in [4.69, 9.17) is 4.74 Å². The van der Waals surface area contributed by atoms with Gasteiger partial charge in [-0.2, -0.15) is 0 Å². The molecule has 3 nitrogen and oxygen atoms in total. The van der Waals surface area contributed by atoms with E-state index >= 15 is 0 Å². The highest BCUT2D eigenvalue weighted by atomic mass is 16.5. The molecule has 0 atom stereocenters. The fourth-order valence-corrected chi connectivity index (χ4v) is 1.89. The summed E-state index contributed by atoms with van der Waals surface area (Å²) in [5, 5.41) is 3.33. The van der Waals surface area contributed by atoms with Crippen molar-refractivity contribution in [3.05, 3.63) is 29.8 Å². The van der Waals surface area contributed by atoms with Crippen molar-refractivity contribution in [3.8, 4) is 5.75 Å². The molecule has 0 aromatic heterocycles. The quantitative estimate of drug-likeness (QED) is 0.750. The van der Waals surface area contributed by atoms with Gasteiger partial charge in [-0.25, -0.2) is 0 Å². The van der Waals surface area contributed by atoms with Crippen molar-refractivity contribution in [2.75, 3.05) is 26.7 Å². The fraction of sp³-hybridized carbons (Fsp3) is 0.647. The maximum atomic E-state index is 5.87. The summed E-state index contributed by atoms with van der Waals surface area (Å²) in [4.78, 5) is 2.36. The summed E-state index contributed by atoms with van der Waals surface area (Å²) in [7, 11) is 2.16. The molecule has 0 aliphatic rings. The second-order valence-corrected chi connectivity index (χ2v) is 5.86. The van der Waals surface area contributed by atoms with Crippen molar-refractivity contribution in [2.45, 2.75) is 46.2 Å². The Balaban J connectivity index is 2.42. The van der Waals surface area contributed by atoms with Crippen molar-refractivity contribution in [1.82, 2.24) is 10.2 Å². The smallest absolute Gasteiger partial charge is 0.119 e. The Morgan fingerprint density at radius 3 is 2.65 bits per heavy atom. The van der Waals surface area contributed by atoms with Gasteiger partial charge in [0.25, 0.3) is 0 Å². The zero-order valence-electron chi connectivity index (χ0n) is 13.7. The molecule has 0 heterocycles. The third-order valence-electron chi connectivity index (χ3n) is 4.07. The minimum atomic E-state index is 0.232. The van der Waals surface area contributed by atoms with Crippen LogP contribution in [-0.4, -0.2) is 37.2 Å². The molecule has 0 aliphatic carbocycles. The average Bonchev–Trinajstić information content (AvgIpc) is 2.45. The summed E-state index contributed by atoms with van der Waals surface area (Å²) in [5.41, 5.74) is 1.50. The molecule has 20 heavy (non-hydrogen) atoms. The predicted molar refractivity (Wildman–Crippen MR) is 86.3 cm³/mol. The largest absolute Gasteiger partial charge is 0.492 e. The maximum Gasteiger partial charge on any atom is 0.119 e. The van der Waals surface area contributed by atoms with Crippen LogP contribution >= 0.6 is 0 Å². The predicted octanol–water partition coefficient (Wildman–Crippen LogP) is 3.30. The summed E-state index contributed by atoms with van der Waals surface area (Å²) in [6, 6.07) is 8.33. The molecule has 0 amide bonds. The Labute approximate surface area is 124 Å². The van der Waals surface area contributed by atoms with Crippen LogP contribution in [0.25, 0.3) is 0 Å². The molecule has 0 unspecified atom stereocenters. The van der Waals surface area contributed by atoms with Gasteiger partial charge in [-0.3, -0.25) is 4.90 Å². The van der Waals surface area contributed by atoms with Crippen LogP contribution in [0.15, 0.2) is 24.3 Å². The van der Waals surface area contributed by atoms with Gasteiger partial charge in [0.05, 0.1) is 0 Å². The van der Waals surface area contributed by atoms with Crippen LogP contribution in [0.4, 0.5) is 0 Å². The molecule has 1 N–H and O–H groups in total. The Morgan fingerprint density at radius 2 is 2.00 bits per heavy atom. The number of hydrogen-bond acceptors (Lipinski definition) is 3. The second kappa shape index (κ2) is 8.28. The average molecular weight is 278 g/mol. The molecular formula is C17H30N2O. The van der Waals surface area contributed by atoms with Gasteiger partial charge in [0, 0.05) is 18.6 Å². The van der Waals surface area contributed by atoms with Gasteiger partial charge in [-0.15, -0.1) is 0 Å². The van der Waals surface area contributed by atoms with Crippen LogP contribution in [0, 0.1) is 0 Å². The number of benzene rings is 1. The van der Waals surface area contributed by atoms with Crippen LogP contribution in [0.3, 0.4) is 0 Å². The molecule has 0 bridgehead atoms. The number of nitrogens with one attached hydrogen (secondary N) is 1. The van der Waals surface area contributed by atoms with Crippen molar-refractivity contribution < 1.29 is 4.74 Å². The molecule has 114 valence electrons. The van der Waals surface area contributed by atoms with E-state index in [0.717, 1.165) is 38.4 Å². The van der Waals surface area contributed by atoms with Gasteiger partial charge < -0.3 is 10.1 Å². The Bertz CT molecular complexity index is 390. The molecule has 0 spiro atoms. The van der Waals surface area contributed by atoms with Gasteiger partial charge in [0.1, 0.15) is 12.4 Å². The van der Waals surface area contributed by atoms with Crippen molar-refractivity contribution in [1.29, 1.82) is 0 Å². The van der Waals surface area contributed by atoms with E-state index in [-0.39, 0.29) is 5.54 Å². The topological polar surface area (TPSA) is 24.5 Å². The normalized spacial score (nSPS) is 11.9. The molecule has 0 saturated carbocycles. The molecule has 1 aromatic carbocycles. The van der Waals surface area contributed by atoms with Gasteiger partial charge in [0.15, 0.2) is 0 Å². The first-order valence-corrected chi connectivity index (χ1v) is 7.63. The first kappa shape index (κ1) is 17.0. The van der Waals surface area contributed by atoms with Gasteiger partial charge in [-0.05, 0) is 51.6 Å². The van der Waals surface area contributed by atoms with Gasteiger partial charge in [0.2, 0.25) is 0 Å². The van der Waals surface area contributed by atoms with E-state index in [1.807, 2.05) is 6.07 Å². The third kappa shape index (κ3) is 5.51. The molecular weight excluding hydrogens is 248 g/mol. The van der Waals surface area contributed by atoms with Crippen molar-refractivity contribution >= 4 is 0 Å². The summed E-state index contributed by atoms with van der Waals surface area (Å²) in [6.07, 6.45) is 1.14. The highest BCUT2D eigenvalue weighted by Crippen LogP contribution is 2.17. The third-order valence-corrected chi connectivity index (χ3v) is 4.07. The number of rotatable bonds is 9. The van der Waals surface area contributed by atoms with E-state index < -0.39 is 0 Å². The maximum absolute atomic E-state index is 5.87. The van der Waals surface area contributed by atoms with E-state index in [9.17, 15) is 0 Å². The molecule has 3 heteroatoms. The fourth-order valence-electron chi connectivity index (χ4n) is 1.89. The monoisotopic (exact) mass is 278 g/mol. The summed E-state index contributed by atoms with van der Waals surface area (Å²) >= 11 is 0. The lowest BCUT2D eigenvalue weighted by Gasteiger charge is -2.34. The van der Waals surface area contributed by atoms with E-state index in [2.05, 4.69) is 63.2 Å². The Kier molecular flexibility index (Phi) is 7.03. The number of nitrogens with zero attached hydrogens (tertiary/aromatic N) is 1. The highest BCUT2D eigenvalue weighted by Gasteiger charge is 2.20. The molecule has 0 radical (unpaired) electrons. The van der Waals surface area contributed by atoms with E-state index in [1.165, 1.54) is 5.56 Å². The lowest BCUT2D eigenvalue weighted by atomic mass is 10.0. The van der Waals surface area contributed by atoms with Crippen LogP contribution in [0.2, 0.25) is 0 Å². The second-order valence-electron chi connectivity index (χ2n) is 5.86. The molecule has 0 fully saturated rings. The number of hydrogen-bond donors (Lipinski definition) is 1. The van der Waals surface area contributed by atoms with Gasteiger partial charge >= 0.3 is 0 Å². The molecule has 1 aromatic rings. The van der Waals surface area contributed by atoms with Crippen LogP contribution in [0.1, 0.15) is 39.7 Å². The summed E-state index contributed by atoms with van der Waals surface area (Å²) in [5.74, 6) is 0.961. The summed E-state index contributed by atoms with van der Waals surface area (Å²) < 4.78 is 5.87. The molecule has 0 aliphatic heterocycles. The SMILES string of the molecule is CCNCc1cccc(OCCN(C)C(C)(C)CC)c1. The zero-order valence-corrected chi connectivity index (χ0v) is 13.7. The van der Waals surface area contributed by atoms with Crippen LogP contribution in [-0.2, 0) is 6.54 Å². The highest BCUT2D eigenvalue weighted by molar-refractivity contribution is 5.28. The van der Waals surface area contributed by atoms with Crippen molar-refractivity contribution in [3.63, 3.8) is 0 Å². The van der Waals surface area contributed by atoms with Crippen LogP contribution in [0.5, 0.6) is 5.75 Å². The van der Waals surface area contributed by atoms with Gasteiger partial charge in [-0.1, -0.05) is 26.0 Å². The van der Waals surface area contributed by atoms with Crippen LogP contribution < -0.4 is 10.1 Å². The first-order valence-electron chi connectivity index (χ1n) is 7.63. The minimum Gasteiger partial charge on any atom is -0.492 e. The number of ether oxygens (including phenoxy) is 1. The van der Waals surface area contributed by atoms with E-state index in [1.54, 1.807) is 0 Å². The minimum absolute atomic E-state index is 0.232. The summed E-state index contributed by atoms with van der Waals surface area (Å²) in [6.45, 7) is 12.4. The van der Waals surface area contributed by atoms with Crippen molar-refractivity contribution in [2.24, 2.45) is 0 Å².